The van der Waals surface area contributed by atoms with Crippen LogP contribution in [0.4, 0.5) is 5.82 Å². The number of anilines is 1. The van der Waals surface area contributed by atoms with Crippen LogP contribution in [0, 0.1) is 0 Å². The molecule has 0 saturated heterocycles. The Labute approximate surface area is 83.9 Å². The van der Waals surface area contributed by atoms with E-state index in [1.807, 2.05) is 0 Å². The van der Waals surface area contributed by atoms with Gasteiger partial charge in [-0.1, -0.05) is 0 Å². The molecule has 0 spiro atoms. The van der Waals surface area contributed by atoms with Gasteiger partial charge in [-0.2, -0.15) is 4.98 Å². The second-order valence-electron chi connectivity index (χ2n) is 3.03. The molecular weight excluding hydrogens is 200 g/mol. The molecule has 2 rings (SSSR count). The molecule has 7 heteroatoms. The van der Waals surface area contributed by atoms with Crippen molar-refractivity contribution in [1.29, 1.82) is 0 Å². The topological polar surface area (TPSA) is 109 Å². The number of amides is 2. The van der Waals surface area contributed by atoms with Crippen LogP contribution in [0.25, 0.3) is 0 Å². The molecule has 0 bridgehead atoms. The van der Waals surface area contributed by atoms with Crippen LogP contribution in [0.1, 0.15) is 27.8 Å². The van der Waals surface area contributed by atoms with Crippen LogP contribution in [0.3, 0.4) is 0 Å². The molecule has 1 aromatic rings. The Balaban J connectivity index is 2.73. The van der Waals surface area contributed by atoms with Gasteiger partial charge in [-0.3, -0.25) is 14.5 Å². The molecule has 1 aliphatic heterocycles. The molecule has 0 atom stereocenters. The van der Waals surface area contributed by atoms with Gasteiger partial charge in [-0.15, -0.1) is 0 Å². The zero-order chi connectivity index (χ0) is 11.2. The molecule has 2 heterocycles. The summed E-state index contributed by atoms with van der Waals surface area (Å²) in [7, 11) is 0. The van der Waals surface area contributed by atoms with E-state index in [1.165, 1.54) is 0 Å². The predicted octanol–water partition coefficient (Wildman–Crippen LogP) is -1.03. The standard InChI is InChI=1S/C8H8N4O3/c1-2-12-6(13)3-4(7(12)14)10-8(15)11-5(3)9/h2H2,1H3,(H3,9,10,11,15). The highest BCUT2D eigenvalue weighted by atomic mass is 16.2. The minimum absolute atomic E-state index is 0.0125. The van der Waals surface area contributed by atoms with Crippen LogP contribution in [0.15, 0.2) is 4.79 Å². The average molecular weight is 208 g/mol. The Bertz CT molecular complexity index is 519. The van der Waals surface area contributed by atoms with E-state index >= 15 is 0 Å². The molecule has 1 aliphatic rings. The van der Waals surface area contributed by atoms with Crippen LogP contribution in [0.2, 0.25) is 0 Å². The van der Waals surface area contributed by atoms with Gasteiger partial charge in [-0.25, -0.2) is 4.79 Å². The third kappa shape index (κ3) is 1.13. The number of nitrogens with zero attached hydrogens (tertiary/aromatic N) is 2. The normalized spacial score (nSPS) is 14.6. The van der Waals surface area contributed by atoms with E-state index in [1.54, 1.807) is 6.92 Å². The van der Waals surface area contributed by atoms with Crippen LogP contribution in [-0.2, 0) is 0 Å². The maximum absolute atomic E-state index is 11.6. The van der Waals surface area contributed by atoms with Crippen LogP contribution < -0.4 is 11.4 Å². The summed E-state index contributed by atoms with van der Waals surface area (Å²) in [4.78, 5) is 40.8. The molecule has 0 fully saturated rings. The Morgan fingerprint density at radius 3 is 2.60 bits per heavy atom. The lowest BCUT2D eigenvalue weighted by Gasteiger charge is -2.08. The number of nitrogens with one attached hydrogen (secondary N) is 1. The van der Waals surface area contributed by atoms with Gasteiger partial charge in [0.05, 0.1) is 0 Å². The third-order valence-corrected chi connectivity index (χ3v) is 2.19. The largest absolute Gasteiger partial charge is 0.383 e. The summed E-state index contributed by atoms with van der Waals surface area (Å²) in [5.41, 5.74) is 4.60. The maximum Gasteiger partial charge on any atom is 0.347 e. The summed E-state index contributed by atoms with van der Waals surface area (Å²) in [5, 5.41) is 0. The quantitative estimate of drug-likeness (QED) is 0.573. The van der Waals surface area contributed by atoms with Gasteiger partial charge in [0.15, 0.2) is 0 Å². The maximum atomic E-state index is 11.6. The van der Waals surface area contributed by atoms with E-state index in [0.717, 1.165) is 4.90 Å². The number of H-pyrrole nitrogens is 1. The second kappa shape index (κ2) is 2.91. The van der Waals surface area contributed by atoms with E-state index < -0.39 is 17.5 Å². The van der Waals surface area contributed by atoms with Crippen molar-refractivity contribution in [3.63, 3.8) is 0 Å². The minimum Gasteiger partial charge on any atom is -0.383 e. The van der Waals surface area contributed by atoms with Gasteiger partial charge in [0.1, 0.15) is 17.1 Å². The molecule has 0 unspecified atom stereocenters. The van der Waals surface area contributed by atoms with Crippen molar-refractivity contribution in [2.24, 2.45) is 0 Å². The van der Waals surface area contributed by atoms with Gasteiger partial charge in [0.2, 0.25) is 0 Å². The van der Waals surface area contributed by atoms with Gasteiger partial charge in [-0.05, 0) is 6.92 Å². The minimum atomic E-state index is -0.731. The van der Waals surface area contributed by atoms with Crippen molar-refractivity contribution in [1.82, 2.24) is 14.9 Å². The highest BCUT2D eigenvalue weighted by molar-refractivity contribution is 6.22. The highest BCUT2D eigenvalue weighted by Gasteiger charge is 2.37. The molecule has 0 aromatic carbocycles. The summed E-state index contributed by atoms with van der Waals surface area (Å²) in [5.74, 6) is -1.26. The van der Waals surface area contributed by atoms with Crippen LogP contribution in [0.5, 0.6) is 0 Å². The van der Waals surface area contributed by atoms with E-state index in [4.69, 9.17) is 5.73 Å². The fourth-order valence-electron chi connectivity index (χ4n) is 1.52. The van der Waals surface area contributed by atoms with Gasteiger partial charge in [0, 0.05) is 6.54 Å². The number of aromatic nitrogens is 2. The van der Waals surface area contributed by atoms with Crippen LogP contribution in [-0.4, -0.2) is 33.2 Å². The number of carbonyl (C=O) groups is 2. The van der Waals surface area contributed by atoms with Crippen molar-refractivity contribution in [3.05, 3.63) is 21.7 Å². The smallest absolute Gasteiger partial charge is 0.347 e. The molecule has 15 heavy (non-hydrogen) atoms. The number of fused-ring (bicyclic) bond motifs is 1. The SMILES string of the molecule is CCN1C(=O)c2[nH]c(=O)nc(N)c2C1=O. The second-order valence-corrected chi connectivity index (χ2v) is 3.03. The summed E-state index contributed by atoms with van der Waals surface area (Å²) in [6, 6.07) is 0. The molecule has 1 aromatic heterocycles. The number of hydrogen-bond donors (Lipinski definition) is 2. The zero-order valence-electron chi connectivity index (χ0n) is 7.90. The van der Waals surface area contributed by atoms with E-state index in [9.17, 15) is 14.4 Å². The Morgan fingerprint density at radius 2 is 2.00 bits per heavy atom. The molecule has 0 radical (unpaired) electrons. The van der Waals surface area contributed by atoms with E-state index in [-0.39, 0.29) is 23.6 Å². The monoisotopic (exact) mass is 208 g/mol. The van der Waals surface area contributed by atoms with E-state index in [0.29, 0.717) is 0 Å². The Hall–Kier alpha value is -2.18. The van der Waals surface area contributed by atoms with Crippen LogP contribution >= 0.6 is 0 Å². The van der Waals surface area contributed by atoms with Crippen molar-refractivity contribution in [2.45, 2.75) is 6.92 Å². The first kappa shape index (κ1) is 9.38. The summed E-state index contributed by atoms with van der Waals surface area (Å²) in [6.45, 7) is 1.89. The number of imide groups is 1. The molecule has 7 nitrogen and oxygen atoms in total. The Kier molecular flexibility index (Phi) is 1.82. The van der Waals surface area contributed by atoms with Gasteiger partial charge >= 0.3 is 5.69 Å². The fourth-order valence-corrected chi connectivity index (χ4v) is 1.52. The number of hydrogen-bond acceptors (Lipinski definition) is 5. The summed E-state index contributed by atoms with van der Waals surface area (Å²) in [6.07, 6.45) is 0. The van der Waals surface area contributed by atoms with Crippen molar-refractivity contribution >= 4 is 17.6 Å². The number of carbonyl (C=O) groups excluding carboxylic acids is 2. The molecule has 78 valence electrons. The number of nitrogens with two attached hydrogens (primary N) is 1. The van der Waals surface area contributed by atoms with Gasteiger partial charge < -0.3 is 10.7 Å². The average Bonchev–Trinajstić information content (AvgIpc) is 2.39. The molecule has 2 amide bonds. The Morgan fingerprint density at radius 1 is 1.33 bits per heavy atom. The first-order valence-electron chi connectivity index (χ1n) is 4.32. The number of aromatic amines is 1. The first-order valence-corrected chi connectivity index (χ1v) is 4.32. The van der Waals surface area contributed by atoms with E-state index in [2.05, 4.69) is 9.97 Å². The highest BCUT2D eigenvalue weighted by Crippen LogP contribution is 2.22. The van der Waals surface area contributed by atoms with Gasteiger partial charge in [0.25, 0.3) is 11.8 Å². The van der Waals surface area contributed by atoms with Crippen molar-refractivity contribution < 1.29 is 9.59 Å². The molecule has 3 N–H and O–H groups in total. The lowest BCUT2D eigenvalue weighted by atomic mass is 10.2. The van der Waals surface area contributed by atoms with Crippen molar-refractivity contribution in [2.75, 3.05) is 12.3 Å². The molecular formula is C8H8N4O3. The zero-order valence-corrected chi connectivity index (χ0v) is 7.90. The summed E-state index contributed by atoms with van der Waals surface area (Å²) < 4.78 is 0. The fraction of sp³-hybridized carbons (Fsp3) is 0.250. The summed E-state index contributed by atoms with van der Waals surface area (Å²) >= 11 is 0. The third-order valence-electron chi connectivity index (χ3n) is 2.19. The van der Waals surface area contributed by atoms with Crippen molar-refractivity contribution in [3.8, 4) is 0 Å². The lowest BCUT2D eigenvalue weighted by Crippen LogP contribution is -2.29. The number of nitrogen functional groups attached to an aromatic ring is 1. The lowest BCUT2D eigenvalue weighted by molar-refractivity contribution is 0.0661. The predicted molar refractivity (Wildman–Crippen MR) is 50.3 cm³/mol. The molecule has 0 aliphatic carbocycles. The first-order chi connectivity index (χ1) is 7.06. The number of rotatable bonds is 1. The molecule has 0 saturated carbocycles.